The first-order valence-electron chi connectivity index (χ1n) is 13.4. The summed E-state index contributed by atoms with van der Waals surface area (Å²) in [5.41, 5.74) is -1.08. The summed E-state index contributed by atoms with van der Waals surface area (Å²) in [4.78, 5) is 42.6. The Morgan fingerprint density at radius 2 is 2.00 bits per heavy atom. The van der Waals surface area contributed by atoms with Crippen molar-refractivity contribution in [1.29, 1.82) is 0 Å². The number of carbonyl (C=O) groups excluding carboxylic acids is 3. The van der Waals surface area contributed by atoms with E-state index in [0.29, 0.717) is 35.5 Å². The van der Waals surface area contributed by atoms with E-state index < -0.39 is 34.3 Å². The monoisotopic (exact) mass is 493 g/mol. The number of rotatable bonds is 5. The molecule has 0 radical (unpaired) electrons. The predicted molar refractivity (Wildman–Crippen MR) is 132 cm³/mol. The summed E-state index contributed by atoms with van der Waals surface area (Å²) < 4.78 is 12.4. The van der Waals surface area contributed by atoms with Crippen molar-refractivity contribution in [3.05, 3.63) is 34.6 Å². The fourth-order valence-electron chi connectivity index (χ4n) is 8.68. The van der Waals surface area contributed by atoms with E-state index in [0.717, 1.165) is 37.7 Å². The van der Waals surface area contributed by atoms with Crippen LogP contribution in [0.2, 0.25) is 0 Å². The van der Waals surface area contributed by atoms with Crippen LogP contribution < -0.4 is 10.1 Å². The minimum absolute atomic E-state index is 0.0268. The average Bonchev–Trinajstić information content (AvgIpc) is 3.42. The first kappa shape index (κ1) is 23.7. The number of phenolic OH excluding ortho intramolecular Hbond substituents is 1. The Labute approximate surface area is 211 Å². The fourth-order valence-corrected chi connectivity index (χ4v) is 8.68. The number of amides is 1. The topological polar surface area (TPSA) is 102 Å². The highest BCUT2D eigenvalue weighted by Gasteiger charge is 2.83. The van der Waals surface area contributed by atoms with Crippen molar-refractivity contribution in [2.75, 3.05) is 7.11 Å². The molecule has 2 N–H and O–H groups in total. The lowest BCUT2D eigenvalue weighted by Crippen LogP contribution is -2.54. The Kier molecular flexibility index (Phi) is 5.05. The van der Waals surface area contributed by atoms with Gasteiger partial charge in [0.2, 0.25) is 5.91 Å². The number of unbranched alkanes of at least 4 members (excludes halogenated alkanes) is 1. The van der Waals surface area contributed by atoms with Gasteiger partial charge in [0.1, 0.15) is 17.4 Å². The minimum Gasteiger partial charge on any atom is -0.504 e. The number of carbonyl (C=O) groups is 3. The first-order valence-corrected chi connectivity index (χ1v) is 13.4. The van der Waals surface area contributed by atoms with Gasteiger partial charge < -0.3 is 19.9 Å². The number of hydrogen-bond acceptors (Lipinski definition) is 6. The summed E-state index contributed by atoms with van der Waals surface area (Å²) in [5, 5.41) is 14.1. The molecule has 1 saturated carbocycles. The highest BCUT2D eigenvalue weighted by molar-refractivity contribution is 6.14. The Hall–Kier alpha value is -2.67. The van der Waals surface area contributed by atoms with Gasteiger partial charge in [0.05, 0.1) is 10.8 Å². The first-order chi connectivity index (χ1) is 17.2. The van der Waals surface area contributed by atoms with Gasteiger partial charge in [-0.15, -0.1) is 0 Å². The van der Waals surface area contributed by atoms with E-state index >= 15 is 0 Å². The number of aromatic hydroxyl groups is 1. The van der Waals surface area contributed by atoms with Crippen LogP contribution in [0.15, 0.2) is 23.5 Å². The molecule has 2 heterocycles. The zero-order valence-electron chi connectivity index (χ0n) is 21.5. The van der Waals surface area contributed by atoms with Crippen LogP contribution in [-0.4, -0.2) is 41.3 Å². The molecule has 2 fully saturated rings. The van der Waals surface area contributed by atoms with E-state index in [1.54, 1.807) is 13.2 Å². The summed E-state index contributed by atoms with van der Waals surface area (Å²) in [6, 6.07) is 3.15. The molecule has 6 atom stereocenters. The number of nitrogens with one attached hydrogen (secondary N) is 1. The quantitative estimate of drug-likeness (QED) is 0.632. The molecule has 1 aromatic carbocycles. The van der Waals surface area contributed by atoms with E-state index in [1.807, 2.05) is 6.92 Å². The molecule has 192 valence electrons. The molecular weight excluding hydrogens is 458 g/mol. The molecule has 0 aromatic heterocycles. The molecule has 7 nitrogen and oxygen atoms in total. The zero-order valence-corrected chi connectivity index (χ0v) is 21.5. The van der Waals surface area contributed by atoms with E-state index in [1.165, 1.54) is 6.07 Å². The Balaban J connectivity index is 1.75. The number of Topliss-reactive ketones (excluding diaryl/α,β-unsaturated/α-hetero) is 2. The van der Waals surface area contributed by atoms with Crippen LogP contribution in [0.3, 0.4) is 0 Å². The molecule has 1 saturated heterocycles. The minimum atomic E-state index is -1.18. The van der Waals surface area contributed by atoms with E-state index in [9.17, 15) is 19.5 Å². The number of benzene rings is 1. The van der Waals surface area contributed by atoms with Crippen LogP contribution in [0.4, 0.5) is 0 Å². The second kappa shape index (κ2) is 7.67. The number of phenols is 1. The second-order valence-corrected chi connectivity index (χ2v) is 11.5. The second-order valence-electron chi connectivity index (χ2n) is 11.5. The van der Waals surface area contributed by atoms with Crippen molar-refractivity contribution in [3.8, 4) is 11.5 Å². The molecule has 1 amide bonds. The number of hydrogen-bond donors (Lipinski definition) is 2. The van der Waals surface area contributed by atoms with Gasteiger partial charge in [0, 0.05) is 30.1 Å². The molecule has 0 unspecified atom stereocenters. The lowest BCUT2D eigenvalue weighted by molar-refractivity contribution is -0.146. The lowest BCUT2D eigenvalue weighted by atomic mass is 9.54. The van der Waals surface area contributed by atoms with Crippen LogP contribution in [0.5, 0.6) is 11.5 Å². The molecule has 7 heteroatoms. The van der Waals surface area contributed by atoms with Gasteiger partial charge in [-0.3, -0.25) is 14.4 Å². The van der Waals surface area contributed by atoms with Crippen molar-refractivity contribution < 1.29 is 29.0 Å². The van der Waals surface area contributed by atoms with Crippen molar-refractivity contribution in [2.45, 2.75) is 89.2 Å². The van der Waals surface area contributed by atoms with Gasteiger partial charge in [0.15, 0.2) is 23.1 Å². The number of ketones is 2. The van der Waals surface area contributed by atoms with Gasteiger partial charge in [-0.2, -0.15) is 0 Å². The largest absolute Gasteiger partial charge is 0.504 e. The summed E-state index contributed by atoms with van der Waals surface area (Å²) in [6.07, 6.45) is 4.84. The number of methoxy groups -OCH3 is 1. The van der Waals surface area contributed by atoms with Gasteiger partial charge >= 0.3 is 0 Å². The maximum atomic E-state index is 14.7. The van der Waals surface area contributed by atoms with E-state index in [4.69, 9.17) is 9.47 Å². The molecule has 36 heavy (non-hydrogen) atoms. The maximum absolute atomic E-state index is 14.7. The van der Waals surface area contributed by atoms with Crippen molar-refractivity contribution >= 4 is 17.5 Å². The summed E-state index contributed by atoms with van der Waals surface area (Å²) in [7, 11) is 1.57. The van der Waals surface area contributed by atoms with E-state index in [2.05, 4.69) is 19.2 Å². The lowest BCUT2D eigenvalue weighted by Gasteiger charge is -2.45. The number of fused-ring (bicyclic) bond motifs is 1. The summed E-state index contributed by atoms with van der Waals surface area (Å²) in [6.45, 7) is 6.12. The number of ether oxygens (including phenoxy) is 2. The standard InChI is InChI=1S/C29H35NO6/c1-5-7-10-17-22-27(3)24(33)19(35-4)11-8-9-15(6-2)25-28(27)14-29(22,30-26(17)34)23(32)16-12-13-18(31)21(36-25)20(16)28/h12-13,17,19,22,31H,5-11,14H2,1-4H3,(H,30,34)/b25-15-/t17-,19-,22-,27-,28+,29-/m0/s1. The fraction of sp³-hybridized carbons (Fsp3) is 0.621. The number of allylic oxidation sites excluding steroid dienone is 2. The Bertz CT molecular complexity index is 1230. The van der Waals surface area contributed by atoms with Gasteiger partial charge in [-0.25, -0.2) is 0 Å². The molecule has 6 rings (SSSR count). The third-order valence-corrected chi connectivity index (χ3v) is 10.1. The van der Waals surface area contributed by atoms with Crippen LogP contribution in [0.25, 0.3) is 0 Å². The third kappa shape index (κ3) is 2.46. The van der Waals surface area contributed by atoms with Crippen LogP contribution in [0, 0.1) is 17.3 Å². The van der Waals surface area contributed by atoms with Crippen molar-refractivity contribution in [1.82, 2.24) is 5.32 Å². The SMILES string of the molecule is CCCC[C@@H]1C(=O)N[C@@]23C[C@@]45/C(=C(\CC)CCC[C@H](OC)C(=O)[C@]4(C)[C@H]12)Oc1c(O)ccc(c15)C3=O. The van der Waals surface area contributed by atoms with Gasteiger partial charge in [-0.05, 0) is 56.2 Å². The van der Waals surface area contributed by atoms with Gasteiger partial charge in [-0.1, -0.05) is 33.6 Å². The molecular formula is C29H35NO6. The van der Waals surface area contributed by atoms with Crippen LogP contribution >= 0.6 is 0 Å². The molecule has 2 spiro atoms. The third-order valence-electron chi connectivity index (χ3n) is 10.1. The Morgan fingerprint density at radius 3 is 2.69 bits per heavy atom. The molecule has 2 aliphatic heterocycles. The smallest absolute Gasteiger partial charge is 0.224 e. The average molecular weight is 494 g/mol. The van der Waals surface area contributed by atoms with Crippen LogP contribution in [-0.2, 0) is 19.7 Å². The maximum Gasteiger partial charge on any atom is 0.224 e. The highest BCUT2D eigenvalue weighted by Crippen LogP contribution is 2.76. The molecule has 2 bridgehead atoms. The Morgan fingerprint density at radius 1 is 1.22 bits per heavy atom. The summed E-state index contributed by atoms with van der Waals surface area (Å²) in [5.74, 6) is -0.386. The molecule has 3 aliphatic carbocycles. The zero-order chi connectivity index (χ0) is 25.6. The molecule has 5 aliphatic rings. The predicted octanol–water partition coefficient (Wildman–Crippen LogP) is 4.35. The van der Waals surface area contributed by atoms with Gasteiger partial charge in [0.25, 0.3) is 0 Å². The normalized spacial score (nSPS) is 40.2. The highest BCUT2D eigenvalue weighted by atomic mass is 16.5. The summed E-state index contributed by atoms with van der Waals surface area (Å²) >= 11 is 0. The van der Waals surface area contributed by atoms with E-state index in [-0.39, 0.29) is 29.6 Å². The van der Waals surface area contributed by atoms with Crippen LogP contribution in [0.1, 0.15) is 88.1 Å². The van der Waals surface area contributed by atoms with Crippen molar-refractivity contribution in [3.63, 3.8) is 0 Å². The molecule has 1 aromatic rings. The van der Waals surface area contributed by atoms with Crippen molar-refractivity contribution in [2.24, 2.45) is 17.3 Å².